The minimum atomic E-state index is 0. The van der Waals surface area contributed by atoms with E-state index >= 15 is 0 Å². The first-order chi connectivity index (χ1) is 9.31. The van der Waals surface area contributed by atoms with Crippen molar-refractivity contribution >= 4 is 24.0 Å². The van der Waals surface area contributed by atoms with Crippen LogP contribution >= 0.6 is 24.0 Å². The molecule has 5 heteroatoms. The van der Waals surface area contributed by atoms with Gasteiger partial charge in [-0.3, -0.25) is 9.80 Å². The summed E-state index contributed by atoms with van der Waals surface area (Å²) >= 11 is 6.04. The largest absolute Gasteiger partial charge is 0.315 e. The van der Waals surface area contributed by atoms with Gasteiger partial charge in [0.05, 0.1) is 0 Å². The number of nitrogens with zero attached hydrogens (tertiary/aromatic N) is 2. The summed E-state index contributed by atoms with van der Waals surface area (Å²) in [6, 6.07) is 9.00. The Kier molecular flexibility index (Phi) is 6.12. The van der Waals surface area contributed by atoms with Gasteiger partial charge in [-0.1, -0.05) is 23.7 Å². The Balaban J connectivity index is 0.00000147. The van der Waals surface area contributed by atoms with Crippen LogP contribution in [0.4, 0.5) is 0 Å². The van der Waals surface area contributed by atoms with Crippen LogP contribution in [0.15, 0.2) is 24.3 Å². The van der Waals surface area contributed by atoms with Crippen molar-refractivity contribution in [2.24, 2.45) is 0 Å². The zero-order valence-corrected chi connectivity index (χ0v) is 13.3. The average Bonchev–Trinajstić information content (AvgIpc) is 2.94. The molecule has 0 bridgehead atoms. The number of nitrogens with one attached hydrogen (secondary N) is 1. The quantitative estimate of drug-likeness (QED) is 0.923. The summed E-state index contributed by atoms with van der Waals surface area (Å²) in [6.07, 6.45) is 1.31. The van der Waals surface area contributed by atoms with Crippen molar-refractivity contribution in [1.82, 2.24) is 15.1 Å². The van der Waals surface area contributed by atoms with E-state index in [2.05, 4.69) is 27.2 Å². The van der Waals surface area contributed by atoms with E-state index in [4.69, 9.17) is 11.6 Å². The van der Waals surface area contributed by atoms with Crippen LogP contribution < -0.4 is 5.32 Å². The van der Waals surface area contributed by atoms with Crippen molar-refractivity contribution in [2.75, 3.05) is 39.3 Å². The summed E-state index contributed by atoms with van der Waals surface area (Å²) in [6.45, 7) is 8.13. The molecule has 2 aliphatic heterocycles. The Hall–Kier alpha value is -0.320. The Morgan fingerprint density at radius 3 is 2.65 bits per heavy atom. The molecular weight excluding hydrogens is 293 g/mol. The van der Waals surface area contributed by atoms with Crippen molar-refractivity contribution in [1.29, 1.82) is 0 Å². The van der Waals surface area contributed by atoms with Gasteiger partial charge in [-0.2, -0.15) is 0 Å². The van der Waals surface area contributed by atoms with Crippen LogP contribution in [0.1, 0.15) is 12.0 Å². The predicted molar refractivity (Wildman–Crippen MR) is 86.8 cm³/mol. The van der Waals surface area contributed by atoms with E-state index < -0.39 is 0 Å². The Bertz CT molecular complexity index is 413. The third-order valence-corrected chi connectivity index (χ3v) is 4.49. The maximum Gasteiger partial charge on any atom is 0.0409 e. The van der Waals surface area contributed by atoms with E-state index in [-0.39, 0.29) is 12.4 Å². The molecule has 112 valence electrons. The molecule has 0 aliphatic carbocycles. The highest BCUT2D eigenvalue weighted by atomic mass is 35.5. The smallest absolute Gasteiger partial charge is 0.0409 e. The van der Waals surface area contributed by atoms with Gasteiger partial charge in [0.2, 0.25) is 0 Å². The van der Waals surface area contributed by atoms with Crippen LogP contribution in [0, 0.1) is 0 Å². The molecule has 0 radical (unpaired) electrons. The lowest BCUT2D eigenvalue weighted by Gasteiger charge is -2.37. The molecule has 2 aliphatic rings. The number of rotatable bonds is 3. The molecule has 1 atom stereocenters. The first-order valence-corrected chi connectivity index (χ1v) is 7.60. The van der Waals surface area contributed by atoms with E-state index in [0.29, 0.717) is 0 Å². The molecule has 0 spiro atoms. The molecule has 2 fully saturated rings. The molecule has 0 aromatic heterocycles. The maximum absolute atomic E-state index is 6.04. The van der Waals surface area contributed by atoms with Crippen LogP contribution in [-0.2, 0) is 6.54 Å². The molecule has 2 saturated heterocycles. The van der Waals surface area contributed by atoms with E-state index in [0.717, 1.165) is 17.6 Å². The predicted octanol–water partition coefficient (Wildman–Crippen LogP) is 2.24. The van der Waals surface area contributed by atoms with Gasteiger partial charge >= 0.3 is 0 Å². The second kappa shape index (κ2) is 7.62. The monoisotopic (exact) mass is 315 g/mol. The molecular formula is C15H23Cl2N3. The summed E-state index contributed by atoms with van der Waals surface area (Å²) in [5.41, 5.74) is 1.32. The highest BCUT2D eigenvalue weighted by Crippen LogP contribution is 2.16. The number of piperazine rings is 1. The Morgan fingerprint density at radius 1 is 1.20 bits per heavy atom. The van der Waals surface area contributed by atoms with E-state index in [1.807, 2.05) is 12.1 Å². The normalized spacial score (nSPS) is 24.6. The van der Waals surface area contributed by atoms with E-state index in [9.17, 15) is 0 Å². The minimum Gasteiger partial charge on any atom is -0.315 e. The molecule has 1 aromatic rings. The highest BCUT2D eigenvalue weighted by Gasteiger charge is 2.25. The van der Waals surface area contributed by atoms with Crippen LogP contribution in [0.25, 0.3) is 0 Å². The Morgan fingerprint density at radius 2 is 2.00 bits per heavy atom. The molecule has 3 nitrogen and oxygen atoms in total. The van der Waals surface area contributed by atoms with Gasteiger partial charge in [0.25, 0.3) is 0 Å². The third kappa shape index (κ3) is 4.09. The van der Waals surface area contributed by atoms with Gasteiger partial charge in [0.1, 0.15) is 0 Å². The second-order valence-electron chi connectivity index (χ2n) is 5.59. The molecule has 1 N–H and O–H groups in total. The molecule has 0 amide bonds. The fourth-order valence-electron chi connectivity index (χ4n) is 3.13. The first kappa shape index (κ1) is 16.1. The lowest BCUT2D eigenvalue weighted by molar-refractivity contribution is 0.0981. The number of halogens is 2. The van der Waals surface area contributed by atoms with Crippen LogP contribution in [0.2, 0.25) is 5.02 Å². The van der Waals surface area contributed by atoms with Crippen molar-refractivity contribution in [3.63, 3.8) is 0 Å². The van der Waals surface area contributed by atoms with Gasteiger partial charge < -0.3 is 5.32 Å². The topological polar surface area (TPSA) is 18.5 Å². The summed E-state index contributed by atoms with van der Waals surface area (Å²) in [4.78, 5) is 5.18. The molecule has 2 heterocycles. The van der Waals surface area contributed by atoms with Gasteiger partial charge in [-0.25, -0.2) is 0 Å². The standard InChI is InChI=1S/C15H22ClN3.ClH/c16-14-3-1-2-13(10-14)12-18-6-8-19(9-7-18)15-4-5-17-11-15;/h1-3,10,15,17H,4-9,11-12H2;1H. The summed E-state index contributed by atoms with van der Waals surface area (Å²) < 4.78 is 0. The van der Waals surface area contributed by atoms with Crippen molar-refractivity contribution < 1.29 is 0 Å². The van der Waals surface area contributed by atoms with Crippen LogP contribution in [-0.4, -0.2) is 55.1 Å². The third-order valence-electron chi connectivity index (χ3n) is 4.25. The zero-order chi connectivity index (χ0) is 13.1. The van der Waals surface area contributed by atoms with Crippen molar-refractivity contribution in [3.05, 3.63) is 34.9 Å². The minimum absolute atomic E-state index is 0. The first-order valence-electron chi connectivity index (χ1n) is 7.23. The lowest BCUT2D eigenvalue weighted by atomic mass is 10.1. The van der Waals surface area contributed by atoms with Crippen molar-refractivity contribution in [2.45, 2.75) is 19.0 Å². The van der Waals surface area contributed by atoms with Gasteiger partial charge in [-0.05, 0) is 30.7 Å². The fourth-order valence-corrected chi connectivity index (χ4v) is 3.34. The number of hydrogen-bond donors (Lipinski definition) is 1. The lowest BCUT2D eigenvalue weighted by Crippen LogP contribution is -2.50. The Labute approximate surface area is 132 Å². The van der Waals surface area contributed by atoms with Crippen molar-refractivity contribution in [3.8, 4) is 0 Å². The van der Waals surface area contributed by atoms with Gasteiger partial charge in [-0.15, -0.1) is 12.4 Å². The summed E-state index contributed by atoms with van der Waals surface area (Å²) in [5, 5.41) is 4.30. The summed E-state index contributed by atoms with van der Waals surface area (Å²) in [5.74, 6) is 0. The molecule has 3 rings (SSSR count). The molecule has 1 aromatic carbocycles. The second-order valence-corrected chi connectivity index (χ2v) is 6.03. The molecule has 0 saturated carbocycles. The van der Waals surface area contributed by atoms with Gasteiger partial charge in [0.15, 0.2) is 0 Å². The number of benzene rings is 1. The zero-order valence-electron chi connectivity index (χ0n) is 11.7. The van der Waals surface area contributed by atoms with Crippen LogP contribution in [0.3, 0.4) is 0 Å². The van der Waals surface area contributed by atoms with E-state index in [1.165, 1.54) is 51.3 Å². The SMILES string of the molecule is Cl.Clc1cccc(CN2CCN(C3CCNC3)CC2)c1. The molecule has 20 heavy (non-hydrogen) atoms. The fraction of sp³-hybridized carbons (Fsp3) is 0.600. The summed E-state index contributed by atoms with van der Waals surface area (Å²) in [7, 11) is 0. The average molecular weight is 316 g/mol. The highest BCUT2D eigenvalue weighted by molar-refractivity contribution is 6.30. The van der Waals surface area contributed by atoms with Crippen LogP contribution in [0.5, 0.6) is 0 Å². The number of hydrogen-bond acceptors (Lipinski definition) is 3. The van der Waals surface area contributed by atoms with E-state index in [1.54, 1.807) is 0 Å². The molecule has 1 unspecified atom stereocenters. The van der Waals surface area contributed by atoms with Gasteiger partial charge in [0, 0.05) is 50.3 Å². The maximum atomic E-state index is 6.04.